The summed E-state index contributed by atoms with van der Waals surface area (Å²) in [6.07, 6.45) is 0.653. The molecule has 0 aliphatic carbocycles. The number of hydrogen-bond acceptors (Lipinski definition) is 9. The first kappa shape index (κ1) is 25.2. The lowest BCUT2D eigenvalue weighted by Crippen LogP contribution is -2.40. The molecular formula is C21H23N5O6S3. The molecule has 14 heteroatoms. The van der Waals surface area contributed by atoms with Gasteiger partial charge in [0.05, 0.1) is 23.0 Å². The first-order valence-electron chi connectivity index (χ1n) is 10.6. The summed E-state index contributed by atoms with van der Waals surface area (Å²) in [6.45, 7) is 3.15. The summed E-state index contributed by atoms with van der Waals surface area (Å²) in [6, 6.07) is 11.3. The number of rotatable bonds is 8. The summed E-state index contributed by atoms with van der Waals surface area (Å²) >= 11 is 1.16. The van der Waals surface area contributed by atoms with Crippen molar-refractivity contribution in [2.45, 2.75) is 23.1 Å². The molecule has 1 aromatic heterocycles. The molecule has 3 aromatic rings. The number of nitrogens with one attached hydrogen (secondary N) is 2. The lowest BCUT2D eigenvalue weighted by molar-refractivity contribution is 0.0730. The van der Waals surface area contributed by atoms with Crippen molar-refractivity contribution in [2.75, 3.05) is 36.3 Å². The molecule has 0 spiro atoms. The third-order valence-corrected chi connectivity index (χ3v) is 9.52. The van der Waals surface area contributed by atoms with Crippen molar-refractivity contribution < 1.29 is 26.4 Å². The maximum atomic E-state index is 12.7. The van der Waals surface area contributed by atoms with E-state index >= 15 is 0 Å². The van der Waals surface area contributed by atoms with Crippen molar-refractivity contribution >= 4 is 48.1 Å². The Labute approximate surface area is 207 Å². The molecule has 0 atom stereocenters. The number of amides is 1. The van der Waals surface area contributed by atoms with Crippen LogP contribution in [0.4, 0.5) is 10.8 Å². The zero-order valence-corrected chi connectivity index (χ0v) is 21.1. The van der Waals surface area contributed by atoms with Crippen LogP contribution in [0.25, 0.3) is 0 Å². The van der Waals surface area contributed by atoms with Gasteiger partial charge in [0, 0.05) is 24.3 Å². The Morgan fingerprint density at radius 3 is 2.20 bits per heavy atom. The molecule has 4 rings (SSSR count). The van der Waals surface area contributed by atoms with Crippen LogP contribution in [0.5, 0.6) is 0 Å². The Morgan fingerprint density at radius 2 is 1.60 bits per heavy atom. The second-order valence-corrected chi connectivity index (χ2v) is 12.2. The second-order valence-electron chi connectivity index (χ2n) is 7.48. The molecule has 2 N–H and O–H groups in total. The van der Waals surface area contributed by atoms with Crippen molar-refractivity contribution in [3.05, 3.63) is 59.1 Å². The molecule has 2 aromatic carbocycles. The normalized spacial score (nSPS) is 15.0. The predicted molar refractivity (Wildman–Crippen MR) is 131 cm³/mol. The summed E-state index contributed by atoms with van der Waals surface area (Å²) in [5.41, 5.74) is 0.635. The summed E-state index contributed by atoms with van der Waals surface area (Å²) in [4.78, 5) is 12.7. The summed E-state index contributed by atoms with van der Waals surface area (Å²) in [5, 5.41) is 11.3. The third kappa shape index (κ3) is 5.85. The standard InChI is InChI=1S/C21H23N5O6S3/c1-2-19-23-24-21(33-19)25-34(28,29)17-9-5-16(6-10-17)22-20(27)15-3-7-18(8-4-15)35(30,31)26-11-13-32-14-12-26/h3-10H,2,11-14H2,1H3,(H,22,27)(H,24,25). The van der Waals surface area contributed by atoms with Crippen LogP contribution < -0.4 is 10.0 Å². The number of aromatic nitrogens is 2. The average Bonchev–Trinajstić information content (AvgIpc) is 3.32. The minimum Gasteiger partial charge on any atom is -0.379 e. The first-order chi connectivity index (χ1) is 16.7. The van der Waals surface area contributed by atoms with Gasteiger partial charge in [0.1, 0.15) is 5.01 Å². The first-order valence-corrected chi connectivity index (χ1v) is 14.4. The zero-order chi connectivity index (χ0) is 25.1. The van der Waals surface area contributed by atoms with Gasteiger partial charge in [-0.1, -0.05) is 18.3 Å². The van der Waals surface area contributed by atoms with E-state index in [0.29, 0.717) is 30.3 Å². The molecule has 0 unspecified atom stereocenters. The van der Waals surface area contributed by atoms with Gasteiger partial charge in [-0.15, -0.1) is 10.2 Å². The lowest BCUT2D eigenvalue weighted by Gasteiger charge is -2.26. The molecule has 1 fully saturated rings. The van der Waals surface area contributed by atoms with Gasteiger partial charge in [0.2, 0.25) is 15.2 Å². The molecule has 0 saturated carbocycles. The van der Waals surface area contributed by atoms with Gasteiger partial charge < -0.3 is 10.1 Å². The van der Waals surface area contributed by atoms with Crippen molar-refractivity contribution in [2.24, 2.45) is 0 Å². The molecule has 2 heterocycles. The van der Waals surface area contributed by atoms with E-state index in [9.17, 15) is 21.6 Å². The van der Waals surface area contributed by atoms with Crippen LogP contribution in [0.3, 0.4) is 0 Å². The zero-order valence-electron chi connectivity index (χ0n) is 18.7. The maximum Gasteiger partial charge on any atom is 0.263 e. The number of carbonyl (C=O) groups excluding carboxylic acids is 1. The van der Waals surface area contributed by atoms with Gasteiger partial charge in [-0.2, -0.15) is 4.31 Å². The van der Waals surface area contributed by atoms with E-state index in [2.05, 4.69) is 20.2 Å². The second kappa shape index (κ2) is 10.4. The Morgan fingerprint density at radius 1 is 0.971 bits per heavy atom. The van der Waals surface area contributed by atoms with E-state index in [-0.39, 0.29) is 33.6 Å². The Bertz CT molecular complexity index is 1400. The van der Waals surface area contributed by atoms with Crippen LogP contribution in [-0.4, -0.2) is 63.5 Å². The number of benzene rings is 2. The highest BCUT2D eigenvalue weighted by Crippen LogP contribution is 2.22. The van der Waals surface area contributed by atoms with E-state index in [1.54, 1.807) is 0 Å². The summed E-state index contributed by atoms with van der Waals surface area (Å²) < 4.78 is 59.5. The smallest absolute Gasteiger partial charge is 0.263 e. The highest BCUT2D eigenvalue weighted by Gasteiger charge is 2.26. The molecule has 186 valence electrons. The van der Waals surface area contributed by atoms with Gasteiger partial charge >= 0.3 is 0 Å². The number of sulfonamides is 2. The van der Waals surface area contributed by atoms with Crippen LogP contribution in [0, 0.1) is 0 Å². The summed E-state index contributed by atoms with van der Waals surface area (Å²) in [7, 11) is -7.51. The molecule has 1 aliphatic rings. The monoisotopic (exact) mass is 537 g/mol. The topological polar surface area (TPSA) is 148 Å². The van der Waals surface area contributed by atoms with E-state index < -0.39 is 26.0 Å². The fourth-order valence-electron chi connectivity index (χ4n) is 3.25. The molecule has 1 aliphatic heterocycles. The number of carbonyl (C=O) groups is 1. The minimum atomic E-state index is -3.86. The number of hydrogen-bond donors (Lipinski definition) is 2. The predicted octanol–water partition coefficient (Wildman–Crippen LogP) is 2.17. The van der Waals surface area contributed by atoms with Gasteiger partial charge in [0.15, 0.2) is 0 Å². The highest BCUT2D eigenvalue weighted by atomic mass is 32.2. The molecule has 35 heavy (non-hydrogen) atoms. The van der Waals surface area contributed by atoms with Crippen molar-refractivity contribution in [1.82, 2.24) is 14.5 Å². The van der Waals surface area contributed by atoms with Gasteiger partial charge in [-0.3, -0.25) is 9.52 Å². The molecule has 0 radical (unpaired) electrons. The van der Waals surface area contributed by atoms with Gasteiger partial charge in [-0.25, -0.2) is 16.8 Å². The molecular weight excluding hydrogens is 514 g/mol. The van der Waals surface area contributed by atoms with Crippen molar-refractivity contribution in [3.63, 3.8) is 0 Å². The fraction of sp³-hybridized carbons (Fsp3) is 0.286. The number of aryl methyl sites for hydroxylation is 1. The van der Waals surface area contributed by atoms with E-state index in [1.165, 1.54) is 52.8 Å². The summed E-state index contributed by atoms with van der Waals surface area (Å²) in [5.74, 6) is -0.463. The number of nitrogens with zero attached hydrogens (tertiary/aromatic N) is 3. The van der Waals surface area contributed by atoms with Gasteiger partial charge in [0.25, 0.3) is 15.9 Å². The molecule has 1 amide bonds. The Balaban J connectivity index is 1.41. The Hall–Kier alpha value is -2.91. The number of anilines is 2. The lowest BCUT2D eigenvalue weighted by atomic mass is 10.2. The quantitative estimate of drug-likeness (QED) is 0.444. The van der Waals surface area contributed by atoms with E-state index in [0.717, 1.165) is 11.3 Å². The fourth-order valence-corrected chi connectivity index (χ4v) is 6.56. The van der Waals surface area contributed by atoms with Crippen molar-refractivity contribution in [3.8, 4) is 0 Å². The number of morpholine rings is 1. The number of ether oxygens (including phenoxy) is 1. The van der Waals surface area contributed by atoms with Crippen LogP contribution in [-0.2, 0) is 31.2 Å². The van der Waals surface area contributed by atoms with Crippen LogP contribution in [0.2, 0.25) is 0 Å². The third-order valence-electron chi connectivity index (χ3n) is 5.14. The van der Waals surface area contributed by atoms with Crippen LogP contribution in [0.1, 0.15) is 22.3 Å². The van der Waals surface area contributed by atoms with E-state index in [4.69, 9.17) is 4.74 Å². The van der Waals surface area contributed by atoms with Gasteiger partial charge in [-0.05, 0) is 55.0 Å². The SMILES string of the molecule is CCc1nnc(NS(=O)(=O)c2ccc(NC(=O)c3ccc(S(=O)(=O)N4CCOCC4)cc3)cc2)s1. The molecule has 11 nitrogen and oxygen atoms in total. The Kier molecular flexibility index (Phi) is 7.47. The molecule has 1 saturated heterocycles. The van der Waals surface area contributed by atoms with Crippen LogP contribution in [0.15, 0.2) is 58.3 Å². The highest BCUT2D eigenvalue weighted by molar-refractivity contribution is 7.93. The van der Waals surface area contributed by atoms with E-state index in [1.807, 2.05) is 6.92 Å². The molecule has 0 bridgehead atoms. The average molecular weight is 538 g/mol. The minimum absolute atomic E-state index is 0.00131. The van der Waals surface area contributed by atoms with Crippen molar-refractivity contribution in [1.29, 1.82) is 0 Å². The largest absolute Gasteiger partial charge is 0.379 e. The maximum absolute atomic E-state index is 12.7. The van der Waals surface area contributed by atoms with Crippen LogP contribution >= 0.6 is 11.3 Å².